The monoisotopic (exact) mass is 318 g/mol. The summed E-state index contributed by atoms with van der Waals surface area (Å²) in [5.74, 6) is 1.16. The lowest BCUT2D eigenvalue weighted by atomic mass is 9.83. The van der Waals surface area contributed by atoms with Crippen molar-refractivity contribution in [1.29, 1.82) is 0 Å². The van der Waals surface area contributed by atoms with Gasteiger partial charge in [-0.05, 0) is 18.3 Å². The molecule has 2 nitrogen and oxygen atoms in total. The minimum Gasteiger partial charge on any atom is -0.329 e. The smallest absolute Gasteiger partial charge is 0.167 e. The molecule has 0 aromatic carbocycles. The summed E-state index contributed by atoms with van der Waals surface area (Å²) in [6, 6.07) is 0. The van der Waals surface area contributed by atoms with Crippen LogP contribution >= 0.6 is 27.7 Å². The van der Waals surface area contributed by atoms with Gasteiger partial charge in [-0.2, -0.15) is 0 Å². The Balaban J connectivity index is 2.62. The van der Waals surface area contributed by atoms with E-state index in [4.69, 9.17) is 0 Å². The standard InChI is InChI=1S/C13H23BrN2S/c1-4-6-13(10-14,7-5-2)11-17-12-15-8-9-16(12)3/h8-9H,4-7,10-11H2,1-3H3. The summed E-state index contributed by atoms with van der Waals surface area (Å²) in [5, 5.41) is 2.22. The van der Waals surface area contributed by atoms with Gasteiger partial charge in [-0.1, -0.05) is 54.4 Å². The van der Waals surface area contributed by atoms with Crippen molar-refractivity contribution < 1.29 is 0 Å². The van der Waals surface area contributed by atoms with E-state index in [1.54, 1.807) is 0 Å². The fourth-order valence-corrected chi connectivity index (χ4v) is 4.46. The summed E-state index contributed by atoms with van der Waals surface area (Å²) in [5.41, 5.74) is 0.431. The normalized spacial score (nSPS) is 12.0. The number of hydrogen-bond acceptors (Lipinski definition) is 2. The molecule has 0 spiro atoms. The molecule has 0 aliphatic rings. The number of nitrogens with zero attached hydrogens (tertiary/aromatic N) is 2. The SMILES string of the molecule is CCCC(CBr)(CCC)CSc1nccn1C. The van der Waals surface area contributed by atoms with E-state index in [2.05, 4.69) is 46.4 Å². The zero-order valence-electron chi connectivity index (χ0n) is 11.1. The van der Waals surface area contributed by atoms with Gasteiger partial charge in [-0.15, -0.1) is 0 Å². The molecule has 0 atom stereocenters. The lowest BCUT2D eigenvalue weighted by Gasteiger charge is -2.31. The molecule has 0 radical (unpaired) electrons. The molecular weight excluding hydrogens is 296 g/mol. The summed E-state index contributed by atoms with van der Waals surface area (Å²) >= 11 is 5.60. The average Bonchev–Trinajstić information content (AvgIpc) is 2.72. The predicted octanol–water partition coefficient (Wildman–Crippen LogP) is 4.49. The number of rotatable bonds is 8. The molecule has 0 fully saturated rings. The van der Waals surface area contributed by atoms with Crippen molar-refractivity contribution in [2.45, 2.75) is 44.7 Å². The lowest BCUT2D eigenvalue weighted by Crippen LogP contribution is -2.25. The third kappa shape index (κ3) is 4.32. The summed E-state index contributed by atoms with van der Waals surface area (Å²) in [6.07, 6.45) is 8.99. The molecule has 0 bridgehead atoms. The van der Waals surface area contributed by atoms with Gasteiger partial charge >= 0.3 is 0 Å². The quantitative estimate of drug-likeness (QED) is 0.519. The Hall–Kier alpha value is 0.0400. The Bertz CT molecular complexity index is 319. The van der Waals surface area contributed by atoms with Gasteiger partial charge in [0.1, 0.15) is 0 Å². The van der Waals surface area contributed by atoms with Crippen molar-refractivity contribution in [2.24, 2.45) is 12.5 Å². The fraction of sp³-hybridized carbons (Fsp3) is 0.769. The first kappa shape index (κ1) is 15.1. The average molecular weight is 319 g/mol. The largest absolute Gasteiger partial charge is 0.329 e. The Kier molecular flexibility index (Phi) is 6.63. The van der Waals surface area contributed by atoms with Gasteiger partial charge in [0, 0.05) is 30.5 Å². The maximum absolute atomic E-state index is 4.38. The van der Waals surface area contributed by atoms with E-state index in [0.29, 0.717) is 5.41 Å². The first-order valence-corrected chi connectivity index (χ1v) is 8.44. The van der Waals surface area contributed by atoms with Crippen LogP contribution in [0.3, 0.4) is 0 Å². The highest BCUT2D eigenvalue weighted by Gasteiger charge is 2.27. The molecule has 17 heavy (non-hydrogen) atoms. The maximum atomic E-state index is 4.38. The van der Waals surface area contributed by atoms with Crippen molar-refractivity contribution in [3.63, 3.8) is 0 Å². The molecule has 1 rings (SSSR count). The van der Waals surface area contributed by atoms with Crippen LogP contribution in [0.1, 0.15) is 39.5 Å². The van der Waals surface area contributed by atoms with Gasteiger partial charge in [0.05, 0.1) is 0 Å². The van der Waals surface area contributed by atoms with Gasteiger partial charge in [0.2, 0.25) is 0 Å². The van der Waals surface area contributed by atoms with Crippen molar-refractivity contribution in [3.8, 4) is 0 Å². The second kappa shape index (κ2) is 7.47. The Morgan fingerprint density at radius 2 is 2.00 bits per heavy atom. The first-order valence-electron chi connectivity index (χ1n) is 6.33. The van der Waals surface area contributed by atoms with Crippen LogP contribution in [0.15, 0.2) is 17.6 Å². The minimum atomic E-state index is 0.431. The van der Waals surface area contributed by atoms with E-state index in [-0.39, 0.29) is 0 Å². The number of hydrogen-bond donors (Lipinski definition) is 0. The van der Waals surface area contributed by atoms with Crippen LogP contribution < -0.4 is 0 Å². The van der Waals surface area contributed by atoms with Crippen molar-refractivity contribution >= 4 is 27.7 Å². The van der Waals surface area contributed by atoms with E-state index in [9.17, 15) is 0 Å². The molecule has 0 saturated carbocycles. The van der Waals surface area contributed by atoms with Gasteiger partial charge in [0.25, 0.3) is 0 Å². The molecule has 1 aromatic rings. The molecule has 98 valence electrons. The lowest BCUT2D eigenvalue weighted by molar-refractivity contribution is 0.320. The number of alkyl halides is 1. The zero-order valence-corrected chi connectivity index (χ0v) is 13.5. The van der Waals surface area contributed by atoms with Crippen LogP contribution in [0.4, 0.5) is 0 Å². The third-order valence-corrected chi connectivity index (χ3v) is 5.73. The van der Waals surface area contributed by atoms with E-state index in [1.807, 2.05) is 24.2 Å². The highest BCUT2D eigenvalue weighted by molar-refractivity contribution is 9.09. The Labute approximate surface area is 118 Å². The van der Waals surface area contributed by atoms with Crippen molar-refractivity contribution in [2.75, 3.05) is 11.1 Å². The molecule has 1 heterocycles. The molecular formula is C13H23BrN2S. The van der Waals surface area contributed by atoms with E-state index in [1.165, 1.54) is 25.7 Å². The van der Waals surface area contributed by atoms with Crippen molar-refractivity contribution in [1.82, 2.24) is 9.55 Å². The van der Waals surface area contributed by atoms with E-state index < -0.39 is 0 Å². The van der Waals surface area contributed by atoms with E-state index in [0.717, 1.165) is 16.2 Å². The van der Waals surface area contributed by atoms with Gasteiger partial charge in [-0.3, -0.25) is 0 Å². The minimum absolute atomic E-state index is 0.431. The number of imidazole rings is 1. The summed E-state index contributed by atoms with van der Waals surface area (Å²) in [7, 11) is 2.06. The molecule has 0 saturated heterocycles. The third-order valence-electron chi connectivity index (χ3n) is 3.13. The second-order valence-corrected chi connectivity index (χ2v) is 6.25. The van der Waals surface area contributed by atoms with Crippen LogP contribution in [-0.2, 0) is 7.05 Å². The van der Waals surface area contributed by atoms with Crippen LogP contribution in [-0.4, -0.2) is 20.6 Å². The van der Waals surface area contributed by atoms with Crippen molar-refractivity contribution in [3.05, 3.63) is 12.4 Å². The van der Waals surface area contributed by atoms with Gasteiger partial charge in [0.15, 0.2) is 5.16 Å². The van der Waals surface area contributed by atoms with E-state index >= 15 is 0 Å². The maximum Gasteiger partial charge on any atom is 0.167 e. The molecule has 0 amide bonds. The predicted molar refractivity (Wildman–Crippen MR) is 80.0 cm³/mol. The van der Waals surface area contributed by atoms with Crippen LogP contribution in [0.2, 0.25) is 0 Å². The number of aryl methyl sites for hydroxylation is 1. The Morgan fingerprint density at radius 1 is 1.35 bits per heavy atom. The molecule has 4 heteroatoms. The molecule has 0 N–H and O–H groups in total. The van der Waals surface area contributed by atoms with Gasteiger partial charge < -0.3 is 4.57 Å². The molecule has 0 aliphatic heterocycles. The van der Waals surface area contributed by atoms with Crippen LogP contribution in [0, 0.1) is 5.41 Å². The first-order chi connectivity index (χ1) is 8.17. The molecule has 1 aromatic heterocycles. The zero-order chi connectivity index (χ0) is 12.7. The van der Waals surface area contributed by atoms with Crippen LogP contribution in [0.25, 0.3) is 0 Å². The number of halogens is 1. The highest BCUT2D eigenvalue weighted by atomic mass is 79.9. The summed E-state index contributed by atoms with van der Waals surface area (Å²) < 4.78 is 2.10. The van der Waals surface area contributed by atoms with Gasteiger partial charge in [-0.25, -0.2) is 4.98 Å². The molecule has 0 unspecified atom stereocenters. The summed E-state index contributed by atoms with van der Waals surface area (Å²) in [6.45, 7) is 4.55. The summed E-state index contributed by atoms with van der Waals surface area (Å²) in [4.78, 5) is 4.38. The fourth-order valence-electron chi connectivity index (χ4n) is 2.21. The second-order valence-electron chi connectivity index (χ2n) is 4.74. The Morgan fingerprint density at radius 3 is 2.41 bits per heavy atom. The number of thioether (sulfide) groups is 1. The molecule has 0 aliphatic carbocycles. The number of aromatic nitrogens is 2. The highest BCUT2D eigenvalue weighted by Crippen LogP contribution is 2.37. The topological polar surface area (TPSA) is 17.8 Å². The van der Waals surface area contributed by atoms with Crippen LogP contribution in [0.5, 0.6) is 0 Å².